The number of aromatic nitrogens is 3. The van der Waals surface area contributed by atoms with Gasteiger partial charge in [0, 0.05) is 24.4 Å². The van der Waals surface area contributed by atoms with Crippen LogP contribution in [0.3, 0.4) is 0 Å². The highest BCUT2D eigenvalue weighted by molar-refractivity contribution is 9.10. The fourth-order valence-corrected chi connectivity index (χ4v) is 4.25. The Hall–Kier alpha value is -2.32. The first kappa shape index (κ1) is 19.0. The van der Waals surface area contributed by atoms with Crippen molar-refractivity contribution < 1.29 is 9.47 Å². The molecule has 0 unspecified atom stereocenters. The van der Waals surface area contributed by atoms with Crippen LogP contribution in [0.15, 0.2) is 35.1 Å². The molecule has 1 aromatic carbocycles. The Kier molecular flexibility index (Phi) is 5.68. The molecular weight excluding hydrogens is 422 g/mol. The van der Waals surface area contributed by atoms with Crippen molar-refractivity contribution in [2.24, 2.45) is 0 Å². The Labute approximate surface area is 172 Å². The number of ether oxygens (including phenoxy) is 2. The van der Waals surface area contributed by atoms with Crippen molar-refractivity contribution in [3.8, 4) is 11.5 Å². The molecule has 3 heterocycles. The van der Waals surface area contributed by atoms with Gasteiger partial charge in [-0.1, -0.05) is 0 Å². The molecule has 0 saturated carbocycles. The summed E-state index contributed by atoms with van der Waals surface area (Å²) in [6, 6.07) is 8.26. The molecule has 8 heteroatoms. The minimum atomic E-state index is 0.409. The van der Waals surface area contributed by atoms with Crippen LogP contribution < -0.4 is 20.1 Å². The maximum atomic E-state index is 5.50. The van der Waals surface area contributed by atoms with Crippen LogP contribution in [0.2, 0.25) is 0 Å². The molecule has 7 nitrogen and oxygen atoms in total. The molecule has 1 aliphatic rings. The lowest BCUT2D eigenvalue weighted by molar-refractivity contribution is 0.350. The van der Waals surface area contributed by atoms with Crippen LogP contribution in [0.1, 0.15) is 24.4 Å². The van der Waals surface area contributed by atoms with Crippen LogP contribution in [0, 0.1) is 0 Å². The lowest BCUT2D eigenvalue weighted by atomic mass is 10.1. The summed E-state index contributed by atoms with van der Waals surface area (Å²) in [4.78, 5) is 4.56. The molecule has 1 fully saturated rings. The van der Waals surface area contributed by atoms with Crippen LogP contribution >= 0.6 is 15.9 Å². The summed E-state index contributed by atoms with van der Waals surface area (Å²) in [6.07, 6.45) is 4.00. The predicted molar refractivity (Wildman–Crippen MR) is 113 cm³/mol. The third-order valence-electron chi connectivity index (χ3n) is 5.17. The Morgan fingerprint density at radius 2 is 2.04 bits per heavy atom. The second-order valence-corrected chi connectivity index (χ2v) is 7.55. The highest BCUT2D eigenvalue weighted by Gasteiger charge is 2.21. The number of piperidine rings is 1. The summed E-state index contributed by atoms with van der Waals surface area (Å²) in [5.74, 6) is 2.36. The van der Waals surface area contributed by atoms with Crippen LogP contribution in [-0.2, 0) is 6.54 Å². The summed E-state index contributed by atoms with van der Waals surface area (Å²) in [7, 11) is 3.31. The molecule has 0 atom stereocenters. The van der Waals surface area contributed by atoms with Gasteiger partial charge in [-0.05, 0) is 60.1 Å². The van der Waals surface area contributed by atoms with Gasteiger partial charge in [0.15, 0.2) is 0 Å². The zero-order chi connectivity index (χ0) is 19.5. The average Bonchev–Trinajstić information content (AvgIpc) is 3.10. The van der Waals surface area contributed by atoms with Gasteiger partial charge >= 0.3 is 0 Å². The average molecular weight is 446 g/mol. The molecule has 0 bridgehead atoms. The standard InChI is InChI=1S/C20H24BrN5O2/c1-27-15-4-3-13(17(11-15)28-2)12-24-20-18-16(7-10-23-20)26(25-19(18)21)14-5-8-22-9-6-14/h3-4,7,10-11,14,22H,5-6,8-9,12H2,1-2H3,(H,23,24). The van der Waals surface area contributed by atoms with E-state index in [-0.39, 0.29) is 0 Å². The van der Waals surface area contributed by atoms with Gasteiger partial charge < -0.3 is 20.1 Å². The Bertz CT molecular complexity index is 969. The van der Waals surface area contributed by atoms with E-state index in [1.165, 1.54) is 0 Å². The van der Waals surface area contributed by atoms with E-state index < -0.39 is 0 Å². The number of benzene rings is 1. The summed E-state index contributed by atoms with van der Waals surface area (Å²) in [5, 5.41) is 12.6. The molecule has 3 aromatic rings. The van der Waals surface area contributed by atoms with Gasteiger partial charge in [0.25, 0.3) is 0 Å². The molecule has 2 aromatic heterocycles. The molecular formula is C20H24BrN5O2. The first-order valence-corrected chi connectivity index (χ1v) is 10.2. The number of halogens is 1. The molecule has 28 heavy (non-hydrogen) atoms. The lowest BCUT2D eigenvalue weighted by Gasteiger charge is -2.23. The van der Waals surface area contributed by atoms with E-state index in [0.717, 1.165) is 64.3 Å². The monoisotopic (exact) mass is 445 g/mol. The first-order chi connectivity index (χ1) is 13.7. The van der Waals surface area contributed by atoms with Crippen LogP contribution in [-0.4, -0.2) is 42.1 Å². The zero-order valence-electron chi connectivity index (χ0n) is 16.0. The van der Waals surface area contributed by atoms with Gasteiger partial charge in [0.2, 0.25) is 0 Å². The van der Waals surface area contributed by atoms with Crippen molar-refractivity contribution in [1.29, 1.82) is 0 Å². The predicted octanol–water partition coefficient (Wildman–Crippen LogP) is 3.75. The number of rotatable bonds is 6. The van der Waals surface area contributed by atoms with E-state index >= 15 is 0 Å². The third kappa shape index (κ3) is 3.66. The summed E-state index contributed by atoms with van der Waals surface area (Å²) >= 11 is 3.64. The van der Waals surface area contributed by atoms with Gasteiger partial charge in [0.1, 0.15) is 21.9 Å². The maximum absolute atomic E-state index is 5.50. The fraction of sp³-hybridized carbons (Fsp3) is 0.400. The van der Waals surface area contributed by atoms with Gasteiger partial charge in [-0.15, -0.1) is 0 Å². The van der Waals surface area contributed by atoms with E-state index in [0.29, 0.717) is 12.6 Å². The quantitative estimate of drug-likeness (QED) is 0.601. The molecule has 4 rings (SSSR count). The lowest BCUT2D eigenvalue weighted by Crippen LogP contribution is -2.29. The molecule has 1 aliphatic heterocycles. The second-order valence-electron chi connectivity index (χ2n) is 6.80. The van der Waals surface area contributed by atoms with E-state index in [9.17, 15) is 0 Å². The minimum absolute atomic E-state index is 0.409. The molecule has 0 radical (unpaired) electrons. The number of fused-ring (bicyclic) bond motifs is 1. The van der Waals surface area contributed by atoms with E-state index in [1.54, 1.807) is 14.2 Å². The summed E-state index contributed by atoms with van der Waals surface area (Å²) in [6.45, 7) is 2.64. The highest BCUT2D eigenvalue weighted by atomic mass is 79.9. The maximum Gasteiger partial charge on any atom is 0.139 e. The van der Waals surface area contributed by atoms with Crippen molar-refractivity contribution in [3.05, 3.63) is 40.6 Å². The van der Waals surface area contributed by atoms with Crippen molar-refractivity contribution in [2.45, 2.75) is 25.4 Å². The molecule has 0 aliphatic carbocycles. The van der Waals surface area contributed by atoms with Crippen molar-refractivity contribution >= 4 is 32.7 Å². The fourth-order valence-electron chi connectivity index (χ4n) is 3.68. The van der Waals surface area contributed by atoms with Crippen molar-refractivity contribution in [2.75, 3.05) is 32.6 Å². The summed E-state index contributed by atoms with van der Waals surface area (Å²) in [5.41, 5.74) is 2.13. The van der Waals surface area contributed by atoms with Crippen molar-refractivity contribution in [3.63, 3.8) is 0 Å². The first-order valence-electron chi connectivity index (χ1n) is 9.39. The second kappa shape index (κ2) is 8.36. The number of hydrogen-bond acceptors (Lipinski definition) is 6. The number of pyridine rings is 1. The molecule has 2 N–H and O–H groups in total. The Balaban J connectivity index is 1.62. The van der Waals surface area contributed by atoms with Crippen LogP contribution in [0.5, 0.6) is 11.5 Å². The van der Waals surface area contributed by atoms with Crippen molar-refractivity contribution in [1.82, 2.24) is 20.1 Å². The van der Waals surface area contributed by atoms with E-state index in [1.807, 2.05) is 30.5 Å². The smallest absolute Gasteiger partial charge is 0.139 e. The van der Waals surface area contributed by atoms with E-state index in [2.05, 4.69) is 36.2 Å². The molecule has 148 valence electrons. The number of nitrogens with one attached hydrogen (secondary N) is 2. The van der Waals surface area contributed by atoms with Crippen LogP contribution in [0.4, 0.5) is 5.82 Å². The van der Waals surface area contributed by atoms with Gasteiger partial charge in [-0.2, -0.15) is 5.10 Å². The van der Waals surface area contributed by atoms with Crippen LogP contribution in [0.25, 0.3) is 10.9 Å². The van der Waals surface area contributed by atoms with Gasteiger partial charge in [0.05, 0.1) is 31.2 Å². The van der Waals surface area contributed by atoms with Gasteiger partial charge in [-0.3, -0.25) is 4.68 Å². The molecule has 1 saturated heterocycles. The Morgan fingerprint density at radius 1 is 1.21 bits per heavy atom. The number of nitrogens with zero attached hydrogens (tertiary/aromatic N) is 3. The highest BCUT2D eigenvalue weighted by Crippen LogP contribution is 2.33. The number of hydrogen-bond donors (Lipinski definition) is 2. The minimum Gasteiger partial charge on any atom is -0.497 e. The largest absolute Gasteiger partial charge is 0.497 e. The SMILES string of the molecule is COc1ccc(CNc2nccc3c2c(Br)nn3C2CCNCC2)c(OC)c1. The summed E-state index contributed by atoms with van der Waals surface area (Å²) < 4.78 is 13.7. The van der Waals surface area contributed by atoms with Gasteiger partial charge in [-0.25, -0.2) is 4.98 Å². The number of anilines is 1. The van der Waals surface area contributed by atoms with E-state index in [4.69, 9.17) is 14.6 Å². The Morgan fingerprint density at radius 3 is 2.79 bits per heavy atom. The molecule has 0 amide bonds. The third-order valence-corrected chi connectivity index (χ3v) is 5.73. The zero-order valence-corrected chi connectivity index (χ0v) is 17.6. The topological polar surface area (TPSA) is 73.2 Å². The normalized spacial score (nSPS) is 15.0. The molecule has 0 spiro atoms. The number of methoxy groups -OCH3 is 2.